The first-order chi connectivity index (χ1) is 6.22. The van der Waals surface area contributed by atoms with Crippen molar-refractivity contribution in [3.05, 3.63) is 11.6 Å². The molecule has 2 heterocycles. The number of fused-ring (bicyclic) bond motifs is 1. The Labute approximate surface area is 111 Å². The molecule has 2 rings (SSSR count). The standard InChI is InChI=1S/C9H12N3O.Na.H2O/c1-6(2)7-3-4-9-10-8(5-13)11-12(7)9;;/h6-7H,3-4H2,1-2H3;;1H2/q-1;+1;/p-1. The van der Waals surface area contributed by atoms with E-state index in [4.69, 9.17) is 0 Å². The summed E-state index contributed by atoms with van der Waals surface area (Å²) in [5, 5.41) is 4.09. The van der Waals surface area contributed by atoms with Gasteiger partial charge >= 0.3 is 29.6 Å². The molecule has 0 radical (unpaired) electrons. The number of hydrogen-bond donors (Lipinski definition) is 0. The van der Waals surface area contributed by atoms with E-state index in [0.29, 0.717) is 12.0 Å². The van der Waals surface area contributed by atoms with Crippen LogP contribution in [0, 0.1) is 5.92 Å². The van der Waals surface area contributed by atoms with Gasteiger partial charge in [-0.05, 0) is 12.3 Å². The van der Waals surface area contributed by atoms with Crippen LogP contribution >= 0.6 is 0 Å². The molecule has 1 N–H and O–H groups in total. The molecule has 0 aromatic carbocycles. The summed E-state index contributed by atoms with van der Waals surface area (Å²) in [5.41, 5.74) is 0. The predicted octanol–water partition coefficient (Wildman–Crippen LogP) is -2.29. The topological polar surface area (TPSA) is 77.8 Å². The van der Waals surface area contributed by atoms with Gasteiger partial charge in [-0.15, -0.1) is 0 Å². The van der Waals surface area contributed by atoms with Gasteiger partial charge in [0.2, 0.25) is 0 Å². The van der Waals surface area contributed by atoms with E-state index in [1.807, 2.05) is 4.68 Å². The monoisotopic (exact) mass is 218 g/mol. The third kappa shape index (κ3) is 2.66. The quantitative estimate of drug-likeness (QED) is 0.413. The first kappa shape index (κ1) is 14.8. The summed E-state index contributed by atoms with van der Waals surface area (Å²) in [4.78, 5) is 14.4. The molecule has 1 aliphatic heterocycles. The molecule has 15 heavy (non-hydrogen) atoms. The minimum atomic E-state index is 0. The Morgan fingerprint density at radius 3 is 2.73 bits per heavy atom. The van der Waals surface area contributed by atoms with E-state index in [0.717, 1.165) is 18.7 Å². The molecule has 0 bridgehead atoms. The van der Waals surface area contributed by atoms with Crippen molar-refractivity contribution >= 4 is 6.29 Å². The third-order valence-corrected chi connectivity index (χ3v) is 2.54. The van der Waals surface area contributed by atoms with Crippen LogP contribution in [0.5, 0.6) is 0 Å². The molecule has 0 saturated heterocycles. The fraction of sp³-hybridized carbons (Fsp3) is 0.667. The van der Waals surface area contributed by atoms with Gasteiger partial charge in [0.15, 0.2) is 0 Å². The van der Waals surface area contributed by atoms with Crippen LogP contribution in [0.3, 0.4) is 0 Å². The average Bonchev–Trinajstić information content (AvgIpc) is 2.59. The van der Waals surface area contributed by atoms with E-state index in [9.17, 15) is 4.79 Å². The van der Waals surface area contributed by atoms with Crippen molar-refractivity contribution in [3.63, 3.8) is 0 Å². The van der Waals surface area contributed by atoms with Gasteiger partial charge in [0, 0.05) is 12.2 Å². The van der Waals surface area contributed by atoms with Crippen molar-refractivity contribution in [1.29, 1.82) is 0 Å². The number of rotatable bonds is 2. The van der Waals surface area contributed by atoms with Crippen LogP contribution in [0.25, 0.3) is 0 Å². The summed E-state index contributed by atoms with van der Waals surface area (Å²) in [5.74, 6) is 1.67. The summed E-state index contributed by atoms with van der Waals surface area (Å²) < 4.78 is 1.88. The number of aromatic nitrogens is 3. The molecule has 0 aliphatic carbocycles. The number of nitrogens with zero attached hydrogens (tertiary/aromatic N) is 3. The maximum absolute atomic E-state index is 10.3. The van der Waals surface area contributed by atoms with Crippen LogP contribution in [0.4, 0.5) is 0 Å². The van der Waals surface area contributed by atoms with Crippen molar-refractivity contribution in [2.75, 3.05) is 0 Å². The van der Waals surface area contributed by atoms with Gasteiger partial charge in [-0.2, -0.15) is 11.4 Å². The fourth-order valence-corrected chi connectivity index (χ4v) is 1.85. The van der Waals surface area contributed by atoms with Crippen molar-refractivity contribution in [3.8, 4) is 0 Å². The van der Waals surface area contributed by atoms with Gasteiger partial charge in [-0.3, -0.25) is 0 Å². The van der Waals surface area contributed by atoms with Crippen LogP contribution in [0.1, 0.15) is 38.0 Å². The maximum Gasteiger partial charge on any atom is 1.00 e. The fourth-order valence-electron chi connectivity index (χ4n) is 1.85. The second kappa shape index (κ2) is 5.75. The molecule has 1 unspecified atom stereocenters. The summed E-state index contributed by atoms with van der Waals surface area (Å²) in [6.07, 6.45) is 3.74. The Morgan fingerprint density at radius 2 is 2.20 bits per heavy atom. The molecular formula is C9H13N3NaO2-. The second-order valence-corrected chi connectivity index (χ2v) is 3.75. The molecule has 1 aromatic rings. The number of hydrogen-bond acceptors (Lipinski definition) is 4. The van der Waals surface area contributed by atoms with Gasteiger partial charge in [0.05, 0.1) is 6.04 Å². The van der Waals surface area contributed by atoms with Gasteiger partial charge in [0.1, 0.15) is 5.82 Å². The Morgan fingerprint density at radius 1 is 1.53 bits per heavy atom. The number of aryl methyl sites for hydroxylation is 1. The Bertz CT molecular complexity index is 338. The molecular weight excluding hydrogens is 205 g/mol. The number of carbonyl (C=O) groups excluding carboxylic acids is 1. The molecule has 0 spiro atoms. The van der Waals surface area contributed by atoms with E-state index >= 15 is 0 Å². The molecule has 0 amide bonds. The molecule has 0 saturated carbocycles. The molecule has 5 nitrogen and oxygen atoms in total. The van der Waals surface area contributed by atoms with Crippen LogP contribution < -0.4 is 29.6 Å². The van der Waals surface area contributed by atoms with Crippen LogP contribution in [-0.4, -0.2) is 26.5 Å². The summed E-state index contributed by atoms with van der Waals surface area (Å²) in [6.45, 7) is 4.32. The summed E-state index contributed by atoms with van der Waals surface area (Å²) in [6, 6.07) is 0.407. The van der Waals surface area contributed by atoms with Crippen molar-refractivity contribution < 1.29 is 39.8 Å². The van der Waals surface area contributed by atoms with E-state index < -0.39 is 0 Å². The molecule has 1 aromatic heterocycles. The van der Waals surface area contributed by atoms with E-state index in [1.54, 1.807) is 6.29 Å². The van der Waals surface area contributed by atoms with Crippen molar-refractivity contribution in [1.82, 2.24) is 14.8 Å². The summed E-state index contributed by atoms with van der Waals surface area (Å²) in [7, 11) is 0. The summed E-state index contributed by atoms with van der Waals surface area (Å²) >= 11 is 0. The van der Waals surface area contributed by atoms with E-state index in [1.165, 1.54) is 0 Å². The predicted molar refractivity (Wildman–Crippen MR) is 48.9 cm³/mol. The molecule has 1 aliphatic rings. The van der Waals surface area contributed by atoms with E-state index in [-0.39, 0.29) is 40.9 Å². The van der Waals surface area contributed by atoms with Crippen LogP contribution in [0.15, 0.2) is 0 Å². The first-order valence-corrected chi connectivity index (χ1v) is 4.56. The first-order valence-electron chi connectivity index (χ1n) is 4.56. The average molecular weight is 218 g/mol. The minimum Gasteiger partial charge on any atom is -0.870 e. The smallest absolute Gasteiger partial charge is 0.870 e. The van der Waals surface area contributed by atoms with Crippen molar-refractivity contribution in [2.24, 2.45) is 5.92 Å². The molecule has 1 atom stereocenters. The zero-order chi connectivity index (χ0) is 9.42. The zero-order valence-corrected chi connectivity index (χ0v) is 11.3. The van der Waals surface area contributed by atoms with Gasteiger partial charge in [0.25, 0.3) is 0 Å². The normalized spacial score (nSPS) is 17.9. The molecule has 6 heteroatoms. The van der Waals surface area contributed by atoms with Gasteiger partial charge in [-0.25, -0.2) is 9.67 Å². The molecule has 0 fully saturated rings. The zero-order valence-electron chi connectivity index (χ0n) is 9.27. The van der Waals surface area contributed by atoms with Gasteiger partial charge < -0.3 is 10.3 Å². The Hall–Kier alpha value is -0.230. The Balaban J connectivity index is 0.000000980. The van der Waals surface area contributed by atoms with Crippen LogP contribution in [0.2, 0.25) is 0 Å². The van der Waals surface area contributed by atoms with Gasteiger partial charge in [-0.1, -0.05) is 13.8 Å². The maximum atomic E-state index is 10.3. The van der Waals surface area contributed by atoms with E-state index in [2.05, 4.69) is 23.9 Å². The molecule has 78 valence electrons. The van der Waals surface area contributed by atoms with Crippen molar-refractivity contribution in [2.45, 2.75) is 32.7 Å². The Kier molecular flexibility index (Phi) is 5.66. The minimum absolute atomic E-state index is 0. The van der Waals surface area contributed by atoms with Crippen LogP contribution in [-0.2, 0) is 11.2 Å². The second-order valence-electron chi connectivity index (χ2n) is 3.75. The third-order valence-electron chi connectivity index (χ3n) is 2.54. The SMILES string of the molecule is CC(C)C1CCc2nc([C-]=O)nn21.[Na+].[OH-]. The largest absolute Gasteiger partial charge is 1.00 e.